The Morgan fingerprint density at radius 1 is 1.11 bits per heavy atom. The highest BCUT2D eigenvalue weighted by molar-refractivity contribution is 9.10. The number of hydrogen-bond acceptors (Lipinski definition) is 5. The molecule has 0 unspecified atom stereocenters. The summed E-state index contributed by atoms with van der Waals surface area (Å²) in [7, 11) is 0. The van der Waals surface area contributed by atoms with Crippen molar-refractivity contribution in [3.63, 3.8) is 0 Å². The maximum atomic E-state index is 12.8. The van der Waals surface area contributed by atoms with Crippen LogP contribution in [0.3, 0.4) is 0 Å². The fourth-order valence-corrected chi connectivity index (χ4v) is 3.94. The molecular formula is C28H25BrN2O5. The molecule has 0 saturated heterocycles. The van der Waals surface area contributed by atoms with Crippen LogP contribution in [0.1, 0.15) is 39.5 Å². The van der Waals surface area contributed by atoms with E-state index in [9.17, 15) is 14.9 Å². The second kappa shape index (κ2) is 12.0. The highest BCUT2D eigenvalue weighted by Crippen LogP contribution is 2.38. The Kier molecular flexibility index (Phi) is 8.87. The van der Waals surface area contributed by atoms with Gasteiger partial charge in [-0.15, -0.1) is 0 Å². The van der Waals surface area contributed by atoms with Gasteiger partial charge in [-0.2, -0.15) is 5.26 Å². The van der Waals surface area contributed by atoms with E-state index >= 15 is 0 Å². The fraction of sp³-hybridized carbons (Fsp3) is 0.179. The first kappa shape index (κ1) is 26.5. The topological polar surface area (TPSA) is 109 Å². The van der Waals surface area contributed by atoms with Gasteiger partial charge in [0.15, 0.2) is 11.5 Å². The van der Waals surface area contributed by atoms with Gasteiger partial charge in [0.05, 0.1) is 16.6 Å². The van der Waals surface area contributed by atoms with Gasteiger partial charge >= 0.3 is 5.97 Å². The molecule has 0 fully saturated rings. The molecule has 36 heavy (non-hydrogen) atoms. The highest BCUT2D eigenvalue weighted by atomic mass is 79.9. The van der Waals surface area contributed by atoms with Crippen molar-refractivity contribution in [3.8, 4) is 17.6 Å². The van der Waals surface area contributed by atoms with Crippen LogP contribution in [0.25, 0.3) is 6.08 Å². The predicted molar refractivity (Wildman–Crippen MR) is 141 cm³/mol. The number of halogens is 1. The second-order valence-corrected chi connectivity index (χ2v) is 8.78. The molecule has 0 atom stereocenters. The number of nitrogens with zero attached hydrogens (tertiary/aromatic N) is 1. The van der Waals surface area contributed by atoms with Crippen molar-refractivity contribution in [2.75, 3.05) is 11.9 Å². The number of aryl methyl sites for hydroxylation is 1. The maximum absolute atomic E-state index is 12.8. The normalized spacial score (nSPS) is 10.9. The van der Waals surface area contributed by atoms with Crippen molar-refractivity contribution in [1.29, 1.82) is 5.26 Å². The van der Waals surface area contributed by atoms with Gasteiger partial charge in [-0.1, -0.05) is 24.3 Å². The van der Waals surface area contributed by atoms with Crippen molar-refractivity contribution >= 4 is 39.6 Å². The minimum atomic E-state index is -0.994. The quantitative estimate of drug-likeness (QED) is 0.240. The molecule has 0 aliphatic rings. The van der Waals surface area contributed by atoms with Crippen molar-refractivity contribution in [2.24, 2.45) is 0 Å². The van der Waals surface area contributed by atoms with Gasteiger partial charge in [-0.3, -0.25) is 4.79 Å². The number of nitrogens with one attached hydrogen (secondary N) is 1. The lowest BCUT2D eigenvalue weighted by molar-refractivity contribution is -0.112. The van der Waals surface area contributed by atoms with Crippen LogP contribution < -0.4 is 14.8 Å². The summed E-state index contributed by atoms with van der Waals surface area (Å²) in [6.45, 7) is 6.26. The molecule has 0 bridgehead atoms. The van der Waals surface area contributed by atoms with Gasteiger partial charge in [-0.25, -0.2) is 4.79 Å². The summed E-state index contributed by atoms with van der Waals surface area (Å²) in [5.74, 6) is -0.612. The van der Waals surface area contributed by atoms with Gasteiger partial charge in [0, 0.05) is 5.69 Å². The average molecular weight is 549 g/mol. The van der Waals surface area contributed by atoms with Gasteiger partial charge in [0.2, 0.25) is 0 Å². The number of carboxylic acids is 1. The summed E-state index contributed by atoms with van der Waals surface area (Å²) >= 11 is 3.50. The SMILES string of the molecule is CCOc1cc(/C=C(\C#N)C(=O)Nc2cccc(C)c2C)cc(Br)c1OCc1ccc(C(=O)O)cc1. The van der Waals surface area contributed by atoms with Crippen LogP contribution in [-0.4, -0.2) is 23.6 Å². The van der Waals surface area contributed by atoms with Gasteiger partial charge in [-0.05, 0) is 95.4 Å². The summed E-state index contributed by atoms with van der Waals surface area (Å²) in [6, 6.07) is 17.4. The number of benzene rings is 3. The molecule has 0 aliphatic carbocycles. The lowest BCUT2D eigenvalue weighted by Crippen LogP contribution is -2.14. The van der Waals surface area contributed by atoms with E-state index in [1.54, 1.807) is 30.3 Å². The number of aromatic carboxylic acids is 1. The molecule has 7 nitrogen and oxygen atoms in total. The number of carbonyl (C=O) groups is 2. The van der Waals surface area contributed by atoms with E-state index < -0.39 is 11.9 Å². The van der Waals surface area contributed by atoms with Crippen LogP contribution >= 0.6 is 15.9 Å². The monoisotopic (exact) mass is 548 g/mol. The average Bonchev–Trinajstić information content (AvgIpc) is 2.85. The number of carbonyl (C=O) groups excluding carboxylic acids is 1. The first-order valence-corrected chi connectivity index (χ1v) is 11.9. The third-order valence-electron chi connectivity index (χ3n) is 5.44. The number of ether oxygens (including phenoxy) is 2. The van der Waals surface area contributed by atoms with Crippen molar-refractivity contribution < 1.29 is 24.2 Å². The first-order chi connectivity index (χ1) is 17.2. The van der Waals surface area contributed by atoms with Crippen LogP contribution in [-0.2, 0) is 11.4 Å². The molecule has 2 N–H and O–H groups in total. The first-order valence-electron chi connectivity index (χ1n) is 11.1. The van der Waals surface area contributed by atoms with E-state index in [2.05, 4.69) is 21.2 Å². The molecule has 3 aromatic carbocycles. The van der Waals surface area contributed by atoms with Crippen LogP contribution in [0.5, 0.6) is 11.5 Å². The minimum Gasteiger partial charge on any atom is -0.490 e. The number of hydrogen-bond donors (Lipinski definition) is 2. The lowest BCUT2D eigenvalue weighted by atomic mass is 10.1. The van der Waals surface area contributed by atoms with E-state index in [1.165, 1.54) is 18.2 Å². The molecule has 0 heterocycles. The summed E-state index contributed by atoms with van der Waals surface area (Å²) in [6.07, 6.45) is 1.49. The molecule has 184 valence electrons. The smallest absolute Gasteiger partial charge is 0.335 e. The molecule has 3 aromatic rings. The molecule has 0 spiro atoms. The molecule has 0 aromatic heterocycles. The number of nitriles is 1. The third kappa shape index (κ3) is 6.52. The van der Waals surface area contributed by atoms with Gasteiger partial charge in [0.25, 0.3) is 5.91 Å². The largest absolute Gasteiger partial charge is 0.490 e. The lowest BCUT2D eigenvalue weighted by Gasteiger charge is -2.15. The summed E-state index contributed by atoms with van der Waals surface area (Å²) in [5.41, 5.74) is 4.12. The van der Waals surface area contributed by atoms with Crippen LogP contribution in [0.2, 0.25) is 0 Å². The number of amides is 1. The Labute approximate surface area is 218 Å². The summed E-state index contributed by atoms with van der Waals surface area (Å²) < 4.78 is 12.3. The fourth-order valence-electron chi connectivity index (χ4n) is 3.36. The van der Waals surface area contributed by atoms with Crippen molar-refractivity contribution in [1.82, 2.24) is 0 Å². The molecule has 3 rings (SSSR count). The zero-order valence-corrected chi connectivity index (χ0v) is 21.7. The molecule has 1 amide bonds. The molecule has 0 aliphatic heterocycles. The Morgan fingerprint density at radius 3 is 2.47 bits per heavy atom. The Morgan fingerprint density at radius 2 is 1.83 bits per heavy atom. The number of rotatable bonds is 9. The standard InChI is InChI=1S/C28H25BrN2O5/c1-4-35-25-14-20(12-22(15-30)27(32)31-24-7-5-6-17(2)18(24)3)13-23(29)26(25)36-16-19-8-10-21(11-9-19)28(33)34/h5-14H,4,16H2,1-3H3,(H,31,32)(H,33,34)/b22-12+. The van der Waals surface area contributed by atoms with E-state index in [-0.39, 0.29) is 17.7 Å². The minimum absolute atomic E-state index is 0.0579. The molecule has 8 heteroatoms. The van der Waals surface area contributed by atoms with E-state index in [4.69, 9.17) is 14.6 Å². The van der Waals surface area contributed by atoms with E-state index in [1.807, 2.05) is 39.0 Å². The molecule has 0 radical (unpaired) electrons. The van der Waals surface area contributed by atoms with Crippen LogP contribution in [0, 0.1) is 25.2 Å². The zero-order valence-electron chi connectivity index (χ0n) is 20.1. The zero-order chi connectivity index (χ0) is 26.2. The van der Waals surface area contributed by atoms with Gasteiger partial charge in [0.1, 0.15) is 18.2 Å². The number of carboxylic acid groups (broad SMARTS) is 1. The molecular weight excluding hydrogens is 524 g/mol. The van der Waals surface area contributed by atoms with Crippen molar-refractivity contribution in [3.05, 3.63) is 92.5 Å². The number of anilines is 1. The summed E-state index contributed by atoms with van der Waals surface area (Å²) in [4.78, 5) is 23.8. The van der Waals surface area contributed by atoms with Gasteiger partial charge < -0.3 is 19.9 Å². The maximum Gasteiger partial charge on any atom is 0.335 e. The Balaban J connectivity index is 1.84. The third-order valence-corrected chi connectivity index (χ3v) is 6.03. The van der Waals surface area contributed by atoms with Crippen LogP contribution in [0.15, 0.2) is 64.6 Å². The highest BCUT2D eigenvalue weighted by Gasteiger charge is 2.16. The van der Waals surface area contributed by atoms with E-state index in [0.717, 1.165) is 16.7 Å². The van der Waals surface area contributed by atoms with E-state index in [0.29, 0.717) is 33.8 Å². The Bertz CT molecular complexity index is 1360. The Hall–Kier alpha value is -4.09. The summed E-state index contributed by atoms with van der Waals surface area (Å²) in [5, 5.41) is 21.5. The second-order valence-electron chi connectivity index (χ2n) is 7.93. The molecule has 0 saturated carbocycles. The van der Waals surface area contributed by atoms with Crippen molar-refractivity contribution in [2.45, 2.75) is 27.4 Å². The van der Waals surface area contributed by atoms with Crippen LogP contribution in [0.4, 0.5) is 5.69 Å². The predicted octanol–water partition coefficient (Wildman–Crippen LogP) is 6.29.